The van der Waals surface area contributed by atoms with Crippen LogP contribution in [0.3, 0.4) is 0 Å². The van der Waals surface area contributed by atoms with Crippen LogP contribution in [-0.4, -0.2) is 20.9 Å². The minimum Gasteiger partial charge on any atom is -0.311 e. The van der Waals surface area contributed by atoms with E-state index in [0.717, 1.165) is 12.8 Å². The van der Waals surface area contributed by atoms with Crippen LogP contribution in [0.5, 0.6) is 0 Å². The maximum atomic E-state index is 12.1. The molecule has 0 bridgehead atoms. The number of halogens is 4. The molecule has 1 aromatic rings. The molecule has 1 aromatic heterocycles. The summed E-state index contributed by atoms with van der Waals surface area (Å²) in [5.41, 5.74) is 0. The van der Waals surface area contributed by atoms with Crippen molar-refractivity contribution in [3.63, 3.8) is 0 Å². The van der Waals surface area contributed by atoms with Crippen molar-refractivity contribution >= 4 is 11.6 Å². The summed E-state index contributed by atoms with van der Waals surface area (Å²) in [6, 6.07) is 0.256. The largest absolute Gasteiger partial charge is 0.389 e. The highest BCUT2D eigenvalue weighted by atomic mass is 35.5. The molecule has 0 amide bonds. The standard InChI is InChI=1S/C9H11ClF3N3/c10-5-8-15-14-7(3-4-9(11,12)13)16(8)6-1-2-6/h6H,1-5H2. The van der Waals surface area contributed by atoms with Gasteiger partial charge in [-0.05, 0) is 12.8 Å². The van der Waals surface area contributed by atoms with E-state index in [1.165, 1.54) is 0 Å². The van der Waals surface area contributed by atoms with E-state index in [9.17, 15) is 13.2 Å². The molecular weight excluding hydrogens is 243 g/mol. The highest BCUT2D eigenvalue weighted by molar-refractivity contribution is 6.16. The van der Waals surface area contributed by atoms with Gasteiger partial charge in [-0.15, -0.1) is 21.8 Å². The van der Waals surface area contributed by atoms with E-state index in [1.807, 2.05) is 0 Å². The van der Waals surface area contributed by atoms with Gasteiger partial charge < -0.3 is 4.57 Å². The van der Waals surface area contributed by atoms with Crippen molar-refractivity contribution in [2.24, 2.45) is 0 Å². The molecule has 0 aromatic carbocycles. The van der Waals surface area contributed by atoms with Crippen LogP contribution < -0.4 is 0 Å². The zero-order valence-electron chi connectivity index (χ0n) is 8.47. The summed E-state index contributed by atoms with van der Waals surface area (Å²) in [6.45, 7) is 0. The molecule has 1 aliphatic rings. The molecule has 7 heteroatoms. The smallest absolute Gasteiger partial charge is 0.311 e. The summed E-state index contributed by atoms with van der Waals surface area (Å²) >= 11 is 5.66. The Bertz CT molecular complexity index is 371. The Morgan fingerprint density at radius 2 is 1.88 bits per heavy atom. The van der Waals surface area contributed by atoms with Gasteiger partial charge in [-0.1, -0.05) is 0 Å². The fourth-order valence-electron chi connectivity index (χ4n) is 1.63. The van der Waals surface area contributed by atoms with Gasteiger partial charge in [-0.25, -0.2) is 0 Å². The third kappa shape index (κ3) is 2.66. The van der Waals surface area contributed by atoms with Gasteiger partial charge in [0, 0.05) is 12.5 Å². The Morgan fingerprint density at radius 1 is 1.25 bits per heavy atom. The number of nitrogens with zero attached hydrogens (tertiary/aromatic N) is 3. The summed E-state index contributed by atoms with van der Waals surface area (Å²) in [4.78, 5) is 0. The lowest BCUT2D eigenvalue weighted by Gasteiger charge is -2.08. The quantitative estimate of drug-likeness (QED) is 0.773. The second-order valence-corrected chi connectivity index (χ2v) is 4.15. The van der Waals surface area contributed by atoms with Gasteiger partial charge in [0.2, 0.25) is 0 Å². The average molecular weight is 254 g/mol. The molecule has 16 heavy (non-hydrogen) atoms. The Labute approximate surface area is 95.6 Å². The van der Waals surface area contributed by atoms with Crippen LogP contribution in [0.15, 0.2) is 0 Å². The van der Waals surface area contributed by atoms with Gasteiger partial charge in [0.15, 0.2) is 0 Å². The second-order valence-electron chi connectivity index (χ2n) is 3.88. The molecule has 0 spiro atoms. The van der Waals surface area contributed by atoms with Gasteiger partial charge in [-0.3, -0.25) is 0 Å². The van der Waals surface area contributed by atoms with Crippen LogP contribution >= 0.6 is 11.6 Å². The first-order valence-electron chi connectivity index (χ1n) is 5.06. The number of hydrogen-bond donors (Lipinski definition) is 0. The van der Waals surface area contributed by atoms with Crippen molar-refractivity contribution in [3.8, 4) is 0 Å². The molecule has 1 aliphatic carbocycles. The third-order valence-corrected chi connectivity index (χ3v) is 2.74. The van der Waals surface area contributed by atoms with Crippen LogP contribution in [-0.2, 0) is 12.3 Å². The molecule has 0 N–H and O–H groups in total. The van der Waals surface area contributed by atoms with Crippen molar-refractivity contribution in [1.82, 2.24) is 14.8 Å². The Morgan fingerprint density at radius 3 is 2.38 bits per heavy atom. The highest BCUT2D eigenvalue weighted by Gasteiger charge is 2.32. The van der Waals surface area contributed by atoms with Crippen LogP contribution in [0.1, 0.15) is 37.0 Å². The molecule has 2 rings (SSSR count). The molecule has 3 nitrogen and oxygen atoms in total. The molecule has 90 valence electrons. The summed E-state index contributed by atoms with van der Waals surface area (Å²) in [5.74, 6) is 1.16. The van der Waals surface area contributed by atoms with E-state index in [0.29, 0.717) is 11.6 Å². The van der Waals surface area contributed by atoms with Crippen LogP contribution in [0, 0.1) is 0 Å². The number of rotatable bonds is 4. The molecule has 1 fully saturated rings. The predicted octanol–water partition coefficient (Wildman–Crippen LogP) is 2.85. The van der Waals surface area contributed by atoms with E-state index in [-0.39, 0.29) is 18.3 Å². The van der Waals surface area contributed by atoms with Gasteiger partial charge in [-0.2, -0.15) is 13.2 Å². The first kappa shape index (κ1) is 11.7. The number of aryl methyl sites for hydroxylation is 1. The van der Waals surface area contributed by atoms with Crippen molar-refractivity contribution in [3.05, 3.63) is 11.6 Å². The van der Waals surface area contributed by atoms with Gasteiger partial charge in [0.25, 0.3) is 0 Å². The van der Waals surface area contributed by atoms with E-state index < -0.39 is 12.6 Å². The molecule has 1 heterocycles. The lowest BCUT2D eigenvalue weighted by Crippen LogP contribution is -2.12. The molecule has 0 unspecified atom stereocenters. The lowest BCUT2D eigenvalue weighted by atomic mass is 10.3. The SMILES string of the molecule is FC(F)(F)CCc1nnc(CCl)n1C1CC1. The number of hydrogen-bond acceptors (Lipinski definition) is 2. The lowest BCUT2D eigenvalue weighted by molar-refractivity contribution is -0.134. The zero-order valence-corrected chi connectivity index (χ0v) is 9.22. The van der Waals surface area contributed by atoms with Crippen LogP contribution in [0.25, 0.3) is 0 Å². The third-order valence-electron chi connectivity index (χ3n) is 2.50. The Balaban J connectivity index is 2.11. The first-order chi connectivity index (χ1) is 7.51. The van der Waals surface area contributed by atoms with E-state index >= 15 is 0 Å². The van der Waals surface area contributed by atoms with Crippen molar-refractivity contribution in [1.29, 1.82) is 0 Å². The highest BCUT2D eigenvalue weighted by Crippen LogP contribution is 2.37. The van der Waals surface area contributed by atoms with E-state index in [4.69, 9.17) is 11.6 Å². The van der Waals surface area contributed by atoms with Gasteiger partial charge in [0.05, 0.1) is 12.3 Å². The molecular formula is C9H11ClF3N3. The maximum Gasteiger partial charge on any atom is 0.389 e. The fourth-order valence-corrected chi connectivity index (χ4v) is 1.81. The van der Waals surface area contributed by atoms with Crippen molar-refractivity contribution in [2.45, 2.75) is 43.8 Å². The number of aromatic nitrogens is 3. The summed E-state index contributed by atoms with van der Waals surface area (Å²) < 4.78 is 38.0. The molecule has 0 aliphatic heterocycles. The minimum atomic E-state index is -4.15. The monoisotopic (exact) mass is 253 g/mol. The zero-order chi connectivity index (χ0) is 11.8. The Kier molecular flexibility index (Phi) is 3.10. The molecule has 0 atom stereocenters. The summed E-state index contributed by atoms with van der Waals surface area (Å²) in [7, 11) is 0. The van der Waals surface area contributed by atoms with Crippen molar-refractivity contribution < 1.29 is 13.2 Å². The molecule has 1 saturated carbocycles. The minimum absolute atomic E-state index is 0.121. The van der Waals surface area contributed by atoms with Crippen molar-refractivity contribution in [2.75, 3.05) is 0 Å². The summed E-state index contributed by atoms with van der Waals surface area (Å²) in [6.07, 6.45) is -3.19. The molecule has 0 radical (unpaired) electrons. The van der Waals surface area contributed by atoms with Gasteiger partial charge >= 0.3 is 6.18 Å². The number of alkyl halides is 4. The Hall–Kier alpha value is -0.780. The normalized spacial score (nSPS) is 16.8. The predicted molar refractivity (Wildman–Crippen MR) is 52.2 cm³/mol. The van der Waals surface area contributed by atoms with E-state index in [2.05, 4.69) is 10.2 Å². The van der Waals surface area contributed by atoms with E-state index in [1.54, 1.807) is 4.57 Å². The second kappa shape index (κ2) is 4.24. The first-order valence-corrected chi connectivity index (χ1v) is 5.60. The van der Waals surface area contributed by atoms with Crippen LogP contribution in [0.2, 0.25) is 0 Å². The molecule has 0 saturated heterocycles. The fraction of sp³-hybridized carbons (Fsp3) is 0.778. The summed E-state index contributed by atoms with van der Waals surface area (Å²) in [5, 5.41) is 7.59. The van der Waals surface area contributed by atoms with Crippen LogP contribution in [0.4, 0.5) is 13.2 Å². The average Bonchev–Trinajstić information content (AvgIpc) is 2.94. The topological polar surface area (TPSA) is 30.7 Å². The van der Waals surface area contributed by atoms with Gasteiger partial charge in [0.1, 0.15) is 11.6 Å². The maximum absolute atomic E-state index is 12.1.